The van der Waals surface area contributed by atoms with Crippen LogP contribution in [-0.4, -0.2) is 14.6 Å². The van der Waals surface area contributed by atoms with E-state index in [-0.39, 0.29) is 5.56 Å². The van der Waals surface area contributed by atoms with Crippen LogP contribution in [-0.2, 0) is 0 Å². The Bertz CT molecular complexity index is 1470. The number of furan rings is 1. The Kier molecular flexibility index (Phi) is 4.41. The highest BCUT2D eigenvalue weighted by atomic mass is 79.9. The van der Waals surface area contributed by atoms with Crippen LogP contribution in [0.1, 0.15) is 11.3 Å². The molecular formula is C22H14BrN3O2S. The minimum Gasteiger partial charge on any atom is -0.457 e. The Balaban J connectivity index is 1.54. The second-order valence-electron chi connectivity index (χ2n) is 6.57. The average Bonchev–Trinajstić information content (AvgIpc) is 3.40. The molecule has 0 aliphatic rings. The van der Waals surface area contributed by atoms with Crippen LogP contribution in [0.25, 0.3) is 33.7 Å². The number of nitrogens with zero attached hydrogens (tertiary/aromatic N) is 3. The van der Waals surface area contributed by atoms with Gasteiger partial charge in [0.2, 0.25) is 4.96 Å². The Labute approximate surface area is 178 Å². The molecule has 7 heteroatoms. The molecule has 0 N–H and O–H groups in total. The third-order valence-corrected chi connectivity index (χ3v) is 6.03. The van der Waals surface area contributed by atoms with Gasteiger partial charge in [0.25, 0.3) is 5.56 Å². The highest BCUT2D eigenvalue weighted by Gasteiger charge is 2.13. The summed E-state index contributed by atoms with van der Waals surface area (Å²) in [7, 11) is 0. The summed E-state index contributed by atoms with van der Waals surface area (Å²) in [6.07, 6.45) is 1.73. The molecule has 0 saturated carbocycles. The van der Waals surface area contributed by atoms with E-state index in [0.717, 1.165) is 26.9 Å². The highest BCUT2D eigenvalue weighted by Crippen LogP contribution is 2.25. The van der Waals surface area contributed by atoms with Crippen molar-refractivity contribution in [3.05, 3.63) is 91.3 Å². The highest BCUT2D eigenvalue weighted by molar-refractivity contribution is 9.10. The van der Waals surface area contributed by atoms with Crippen LogP contribution in [0.2, 0.25) is 0 Å². The molecular weight excluding hydrogens is 450 g/mol. The van der Waals surface area contributed by atoms with Gasteiger partial charge in [-0.05, 0) is 36.8 Å². The van der Waals surface area contributed by atoms with Crippen molar-refractivity contribution in [2.24, 2.45) is 0 Å². The van der Waals surface area contributed by atoms with Crippen molar-refractivity contribution in [2.45, 2.75) is 6.92 Å². The summed E-state index contributed by atoms with van der Waals surface area (Å²) in [5.74, 6) is 1.92. The van der Waals surface area contributed by atoms with E-state index in [1.165, 1.54) is 15.9 Å². The maximum Gasteiger partial charge on any atom is 0.291 e. The van der Waals surface area contributed by atoms with Crippen LogP contribution >= 0.6 is 27.3 Å². The van der Waals surface area contributed by atoms with Gasteiger partial charge in [-0.25, -0.2) is 0 Å². The second-order valence-corrected chi connectivity index (χ2v) is 8.50. The van der Waals surface area contributed by atoms with Crippen molar-refractivity contribution in [2.75, 3.05) is 0 Å². The number of thiazole rings is 1. The lowest BCUT2D eigenvalue weighted by molar-refractivity contribution is 0.571. The maximum atomic E-state index is 12.8. The molecule has 3 heterocycles. The average molecular weight is 464 g/mol. The number of aryl methyl sites for hydroxylation is 1. The molecule has 0 saturated heterocycles. The van der Waals surface area contributed by atoms with Crippen molar-refractivity contribution in [1.29, 1.82) is 0 Å². The molecule has 0 aliphatic carbocycles. The lowest BCUT2D eigenvalue weighted by Gasteiger charge is -1.98. The first-order valence-corrected chi connectivity index (χ1v) is 10.5. The molecule has 29 heavy (non-hydrogen) atoms. The van der Waals surface area contributed by atoms with E-state index in [1.807, 2.05) is 67.6 Å². The molecule has 0 fully saturated rings. The Hall–Kier alpha value is -3.03. The van der Waals surface area contributed by atoms with Crippen LogP contribution in [0.5, 0.6) is 0 Å². The first kappa shape index (κ1) is 18.0. The van der Waals surface area contributed by atoms with E-state index in [4.69, 9.17) is 4.42 Å². The standard InChI is InChI=1S/C22H14BrN3O2S/c1-13-5-2-3-8-17(13)20-24-22-26(25-20)21(27)19(29-22)12-16-9-10-18(28-16)14-6-4-7-15(23)11-14/h2-12H,1H3/b19-12+. The molecule has 0 spiro atoms. The van der Waals surface area contributed by atoms with E-state index in [9.17, 15) is 4.79 Å². The molecule has 5 nitrogen and oxygen atoms in total. The number of rotatable bonds is 3. The maximum absolute atomic E-state index is 12.8. The number of halogens is 1. The third kappa shape index (κ3) is 3.32. The quantitative estimate of drug-likeness (QED) is 0.389. The summed E-state index contributed by atoms with van der Waals surface area (Å²) in [6.45, 7) is 2.00. The fourth-order valence-corrected chi connectivity index (χ4v) is 4.42. The number of hydrogen-bond acceptors (Lipinski definition) is 5. The van der Waals surface area contributed by atoms with Crippen molar-refractivity contribution in [1.82, 2.24) is 14.6 Å². The van der Waals surface area contributed by atoms with Gasteiger partial charge in [0.05, 0.1) is 0 Å². The zero-order chi connectivity index (χ0) is 20.0. The molecule has 0 aliphatic heterocycles. The predicted octanol–water partition coefficient (Wildman–Crippen LogP) is 4.70. The van der Waals surface area contributed by atoms with Gasteiger partial charge in [0, 0.05) is 21.7 Å². The third-order valence-electron chi connectivity index (χ3n) is 4.58. The van der Waals surface area contributed by atoms with Crippen molar-refractivity contribution in [3.8, 4) is 22.7 Å². The van der Waals surface area contributed by atoms with E-state index in [0.29, 0.717) is 21.1 Å². The Morgan fingerprint density at radius 3 is 2.76 bits per heavy atom. The fraction of sp³-hybridized carbons (Fsp3) is 0.0455. The van der Waals surface area contributed by atoms with Gasteiger partial charge in [-0.3, -0.25) is 4.79 Å². The summed E-state index contributed by atoms with van der Waals surface area (Å²) in [5, 5.41) is 4.42. The molecule has 3 aromatic heterocycles. The SMILES string of the molecule is Cc1ccccc1-c1nc2s/c(=C/c3ccc(-c4cccc(Br)c4)o3)c(=O)n2n1. The molecule has 2 aromatic carbocycles. The first-order valence-electron chi connectivity index (χ1n) is 8.91. The molecule has 142 valence electrons. The normalized spacial score (nSPS) is 12.1. The number of benzene rings is 2. The van der Waals surface area contributed by atoms with Crippen LogP contribution in [0, 0.1) is 6.92 Å². The van der Waals surface area contributed by atoms with Gasteiger partial charge in [-0.15, -0.1) is 5.10 Å². The second kappa shape index (κ2) is 7.09. The lowest BCUT2D eigenvalue weighted by Crippen LogP contribution is -2.23. The molecule has 0 atom stereocenters. The van der Waals surface area contributed by atoms with Crippen LogP contribution in [0.15, 0.2) is 74.3 Å². The number of fused-ring (bicyclic) bond motifs is 1. The van der Waals surface area contributed by atoms with Crippen LogP contribution in [0.3, 0.4) is 0 Å². The fourth-order valence-electron chi connectivity index (χ4n) is 3.13. The van der Waals surface area contributed by atoms with Gasteiger partial charge in [0.1, 0.15) is 16.1 Å². The summed E-state index contributed by atoms with van der Waals surface area (Å²) in [4.78, 5) is 17.9. The molecule has 5 rings (SSSR count). The first-order chi connectivity index (χ1) is 14.1. The molecule has 0 radical (unpaired) electrons. The summed E-state index contributed by atoms with van der Waals surface area (Å²) < 4.78 is 8.78. The zero-order valence-corrected chi connectivity index (χ0v) is 17.7. The lowest BCUT2D eigenvalue weighted by atomic mass is 10.1. The smallest absolute Gasteiger partial charge is 0.291 e. The monoisotopic (exact) mass is 463 g/mol. The van der Waals surface area contributed by atoms with E-state index in [2.05, 4.69) is 26.0 Å². The van der Waals surface area contributed by atoms with Crippen LogP contribution in [0.4, 0.5) is 0 Å². The van der Waals surface area contributed by atoms with E-state index >= 15 is 0 Å². The minimum atomic E-state index is -0.197. The van der Waals surface area contributed by atoms with Gasteiger partial charge in [-0.2, -0.15) is 9.50 Å². The Morgan fingerprint density at radius 2 is 1.97 bits per heavy atom. The molecule has 0 unspecified atom stereocenters. The summed E-state index contributed by atoms with van der Waals surface area (Å²) in [5.41, 5.74) is 2.77. The van der Waals surface area contributed by atoms with Crippen LogP contribution < -0.4 is 10.1 Å². The Morgan fingerprint density at radius 1 is 1.10 bits per heavy atom. The molecule has 0 amide bonds. The van der Waals surface area contributed by atoms with Crippen molar-refractivity contribution in [3.63, 3.8) is 0 Å². The van der Waals surface area contributed by atoms with Crippen molar-refractivity contribution >= 4 is 38.3 Å². The van der Waals surface area contributed by atoms with Crippen molar-refractivity contribution < 1.29 is 4.42 Å². The summed E-state index contributed by atoms with van der Waals surface area (Å²) in [6, 6.07) is 19.5. The van der Waals surface area contributed by atoms with Gasteiger partial charge >= 0.3 is 0 Å². The number of hydrogen-bond donors (Lipinski definition) is 0. The van der Waals surface area contributed by atoms with Gasteiger partial charge in [0.15, 0.2) is 5.82 Å². The van der Waals surface area contributed by atoms with E-state index in [1.54, 1.807) is 6.08 Å². The predicted molar refractivity (Wildman–Crippen MR) is 118 cm³/mol. The van der Waals surface area contributed by atoms with E-state index < -0.39 is 0 Å². The largest absolute Gasteiger partial charge is 0.457 e. The zero-order valence-electron chi connectivity index (χ0n) is 15.3. The minimum absolute atomic E-state index is 0.197. The van der Waals surface area contributed by atoms with Gasteiger partial charge < -0.3 is 4.42 Å². The molecule has 0 bridgehead atoms. The summed E-state index contributed by atoms with van der Waals surface area (Å²) >= 11 is 4.77. The topological polar surface area (TPSA) is 60.4 Å². The van der Waals surface area contributed by atoms with Gasteiger partial charge in [-0.1, -0.05) is 63.7 Å². The number of aromatic nitrogens is 3. The molecule has 5 aromatic rings.